The highest BCUT2D eigenvalue weighted by Gasteiger charge is 2.55. The van der Waals surface area contributed by atoms with Gasteiger partial charge in [0.1, 0.15) is 0 Å². The van der Waals surface area contributed by atoms with Gasteiger partial charge in [0.15, 0.2) is 0 Å². The molecular formula is C23H44BrNO. The molecule has 0 unspecified atom stereocenters. The largest absolute Gasteiger partial charge is 1.00 e. The standard InChI is InChI=1S/C23H44NO.BrH/c1-4-5-6-7-8-9-12-24(2,3)13-10-11-23(25)21-15-19-14-20(17-21)18-22(23)16-19;/h19-22,25H,4-18H2,1-3H3;1H/q+1;/p-1. The third-order valence-corrected chi connectivity index (χ3v) is 8.01. The molecule has 0 aliphatic heterocycles. The zero-order valence-corrected chi connectivity index (χ0v) is 19.3. The molecule has 4 aliphatic carbocycles. The van der Waals surface area contributed by atoms with Gasteiger partial charge in [0, 0.05) is 0 Å². The summed E-state index contributed by atoms with van der Waals surface area (Å²) < 4.78 is 1.14. The van der Waals surface area contributed by atoms with E-state index in [0.717, 1.165) is 22.7 Å². The molecule has 0 amide bonds. The van der Waals surface area contributed by atoms with Crippen LogP contribution in [0.25, 0.3) is 0 Å². The van der Waals surface area contributed by atoms with Gasteiger partial charge in [-0.1, -0.05) is 32.6 Å². The van der Waals surface area contributed by atoms with Crippen molar-refractivity contribution in [1.82, 2.24) is 0 Å². The summed E-state index contributed by atoms with van der Waals surface area (Å²) in [6, 6.07) is 0. The lowest BCUT2D eigenvalue weighted by atomic mass is 9.49. The molecule has 154 valence electrons. The first-order valence-corrected chi connectivity index (χ1v) is 11.5. The molecule has 0 heterocycles. The van der Waals surface area contributed by atoms with E-state index in [4.69, 9.17) is 0 Å². The van der Waals surface area contributed by atoms with Gasteiger partial charge < -0.3 is 26.6 Å². The molecule has 4 rings (SSSR count). The van der Waals surface area contributed by atoms with E-state index >= 15 is 0 Å². The fraction of sp³-hybridized carbons (Fsp3) is 1.00. The van der Waals surface area contributed by atoms with Crippen LogP contribution in [0.15, 0.2) is 0 Å². The third-order valence-electron chi connectivity index (χ3n) is 8.01. The number of aliphatic hydroxyl groups is 1. The number of unbranched alkanes of at least 4 members (excludes halogenated alkanes) is 5. The topological polar surface area (TPSA) is 20.2 Å². The van der Waals surface area contributed by atoms with Crippen LogP contribution in [-0.4, -0.2) is 42.4 Å². The number of hydrogen-bond donors (Lipinski definition) is 1. The van der Waals surface area contributed by atoms with E-state index in [1.165, 1.54) is 90.1 Å². The van der Waals surface area contributed by atoms with Gasteiger partial charge in [-0.2, -0.15) is 0 Å². The Morgan fingerprint density at radius 3 is 1.85 bits per heavy atom. The zero-order chi connectivity index (χ0) is 17.9. The molecule has 1 N–H and O–H groups in total. The Morgan fingerprint density at radius 1 is 0.769 bits per heavy atom. The van der Waals surface area contributed by atoms with Gasteiger partial charge in [-0.3, -0.25) is 0 Å². The van der Waals surface area contributed by atoms with Gasteiger partial charge in [-0.25, -0.2) is 0 Å². The molecule has 2 nitrogen and oxygen atoms in total. The van der Waals surface area contributed by atoms with Crippen molar-refractivity contribution in [2.75, 3.05) is 27.2 Å². The normalized spacial score (nSPS) is 35.5. The van der Waals surface area contributed by atoms with Crippen molar-refractivity contribution >= 4 is 0 Å². The maximum absolute atomic E-state index is 11.5. The molecule has 4 bridgehead atoms. The van der Waals surface area contributed by atoms with Crippen molar-refractivity contribution in [2.24, 2.45) is 23.7 Å². The SMILES string of the molecule is CCCCCCCC[N+](C)(C)CCCC1(O)C2CC3CC(C2)CC1C3.[Br-]. The van der Waals surface area contributed by atoms with Crippen LogP contribution in [-0.2, 0) is 0 Å². The van der Waals surface area contributed by atoms with Gasteiger partial charge in [-0.05, 0) is 81.5 Å². The second-order valence-electron chi connectivity index (χ2n) is 10.5. The Hall–Kier alpha value is 0.400. The molecule has 0 radical (unpaired) electrons. The summed E-state index contributed by atoms with van der Waals surface area (Å²) >= 11 is 0. The quantitative estimate of drug-likeness (QED) is 0.394. The van der Waals surface area contributed by atoms with E-state index in [-0.39, 0.29) is 22.6 Å². The van der Waals surface area contributed by atoms with Crippen molar-refractivity contribution in [2.45, 2.75) is 96.0 Å². The number of rotatable bonds is 11. The maximum atomic E-state index is 11.5. The summed E-state index contributed by atoms with van der Waals surface area (Å²) in [7, 11) is 4.79. The molecule has 0 aromatic carbocycles. The van der Waals surface area contributed by atoms with E-state index < -0.39 is 0 Å². The van der Waals surface area contributed by atoms with Crippen LogP contribution >= 0.6 is 0 Å². The fourth-order valence-corrected chi connectivity index (χ4v) is 6.63. The van der Waals surface area contributed by atoms with Gasteiger partial charge in [-0.15, -0.1) is 0 Å². The Bertz CT molecular complexity index is 394. The second kappa shape index (κ2) is 9.74. The molecular weight excluding hydrogens is 386 g/mol. The van der Waals surface area contributed by atoms with Crippen molar-refractivity contribution < 1.29 is 26.6 Å². The van der Waals surface area contributed by atoms with E-state index in [9.17, 15) is 5.11 Å². The van der Waals surface area contributed by atoms with Crippen LogP contribution in [0.2, 0.25) is 0 Å². The lowest BCUT2D eigenvalue weighted by Crippen LogP contribution is -3.00. The number of nitrogens with zero attached hydrogens (tertiary/aromatic N) is 1. The number of hydrogen-bond acceptors (Lipinski definition) is 1. The molecule has 0 aromatic heterocycles. The second-order valence-corrected chi connectivity index (χ2v) is 10.5. The average Bonchev–Trinajstić information content (AvgIpc) is 2.55. The minimum Gasteiger partial charge on any atom is -1.00 e. The molecule has 0 saturated heterocycles. The fourth-order valence-electron chi connectivity index (χ4n) is 6.63. The van der Waals surface area contributed by atoms with Crippen LogP contribution in [0.3, 0.4) is 0 Å². The van der Waals surface area contributed by atoms with Crippen LogP contribution in [0, 0.1) is 23.7 Å². The summed E-state index contributed by atoms with van der Waals surface area (Å²) in [6.45, 7) is 4.84. The highest BCUT2D eigenvalue weighted by molar-refractivity contribution is 5.06. The highest BCUT2D eigenvalue weighted by Crippen LogP contribution is 2.59. The monoisotopic (exact) mass is 429 g/mol. The van der Waals surface area contributed by atoms with E-state index in [0.29, 0.717) is 11.8 Å². The Kier molecular flexibility index (Phi) is 8.50. The Balaban J connectivity index is 0.00000243. The van der Waals surface area contributed by atoms with E-state index in [1.807, 2.05) is 0 Å². The first-order valence-electron chi connectivity index (χ1n) is 11.5. The van der Waals surface area contributed by atoms with Gasteiger partial charge in [0.25, 0.3) is 0 Å². The lowest BCUT2D eigenvalue weighted by molar-refractivity contribution is -0.890. The average molecular weight is 431 g/mol. The molecule has 4 fully saturated rings. The molecule has 0 aromatic rings. The van der Waals surface area contributed by atoms with Gasteiger partial charge in [0.05, 0.1) is 32.8 Å². The van der Waals surface area contributed by atoms with Crippen molar-refractivity contribution in [3.63, 3.8) is 0 Å². The molecule has 3 heteroatoms. The molecule has 0 atom stereocenters. The van der Waals surface area contributed by atoms with E-state index in [1.54, 1.807) is 0 Å². The van der Waals surface area contributed by atoms with Gasteiger partial charge in [0.2, 0.25) is 0 Å². The number of halogens is 1. The predicted molar refractivity (Wildman–Crippen MR) is 106 cm³/mol. The van der Waals surface area contributed by atoms with Crippen LogP contribution in [0.1, 0.15) is 90.4 Å². The smallest absolute Gasteiger partial charge is 0.0783 e. The highest BCUT2D eigenvalue weighted by atomic mass is 79.9. The maximum Gasteiger partial charge on any atom is 0.0783 e. The van der Waals surface area contributed by atoms with Crippen molar-refractivity contribution in [1.29, 1.82) is 0 Å². The number of quaternary nitrogens is 1. The first-order chi connectivity index (χ1) is 11.9. The Labute approximate surface area is 173 Å². The van der Waals surface area contributed by atoms with Crippen molar-refractivity contribution in [3.05, 3.63) is 0 Å². The predicted octanol–water partition coefficient (Wildman–Crippen LogP) is 2.39. The van der Waals surface area contributed by atoms with Crippen LogP contribution in [0.4, 0.5) is 0 Å². The molecule has 0 spiro atoms. The molecule has 4 saturated carbocycles. The zero-order valence-electron chi connectivity index (χ0n) is 17.7. The van der Waals surface area contributed by atoms with E-state index in [2.05, 4.69) is 21.0 Å². The minimum atomic E-state index is -0.298. The Morgan fingerprint density at radius 2 is 1.27 bits per heavy atom. The van der Waals surface area contributed by atoms with Crippen LogP contribution in [0.5, 0.6) is 0 Å². The van der Waals surface area contributed by atoms with Crippen LogP contribution < -0.4 is 17.0 Å². The summed E-state index contributed by atoms with van der Waals surface area (Å²) in [4.78, 5) is 0. The summed E-state index contributed by atoms with van der Waals surface area (Å²) in [6.07, 6.45) is 17.4. The molecule has 26 heavy (non-hydrogen) atoms. The lowest BCUT2D eigenvalue weighted by Gasteiger charge is -2.59. The summed E-state index contributed by atoms with van der Waals surface area (Å²) in [5, 5.41) is 11.5. The summed E-state index contributed by atoms with van der Waals surface area (Å²) in [5.74, 6) is 3.20. The minimum absolute atomic E-state index is 0. The van der Waals surface area contributed by atoms with Crippen molar-refractivity contribution in [3.8, 4) is 0 Å². The third kappa shape index (κ3) is 5.47. The molecule has 4 aliphatic rings. The van der Waals surface area contributed by atoms with Gasteiger partial charge >= 0.3 is 0 Å². The first kappa shape index (κ1) is 22.7. The summed E-state index contributed by atoms with van der Waals surface area (Å²) in [5.41, 5.74) is -0.298.